The van der Waals surface area contributed by atoms with Crippen LogP contribution >= 0.6 is 23.2 Å². The van der Waals surface area contributed by atoms with Crippen molar-refractivity contribution in [2.45, 2.75) is 38.1 Å². The highest BCUT2D eigenvalue weighted by atomic mass is 35.5. The number of anilines is 1. The van der Waals surface area contributed by atoms with Gasteiger partial charge in [-0.1, -0.05) is 41.4 Å². The molecule has 0 radical (unpaired) electrons. The van der Waals surface area contributed by atoms with Crippen LogP contribution < -0.4 is 4.90 Å². The van der Waals surface area contributed by atoms with Gasteiger partial charge in [-0.15, -0.1) is 0 Å². The number of amides is 2. The summed E-state index contributed by atoms with van der Waals surface area (Å²) in [6, 6.07) is 14.1. The number of nitrogens with zero attached hydrogens (tertiary/aromatic N) is 3. The molecule has 0 N–H and O–H groups in total. The van der Waals surface area contributed by atoms with E-state index in [2.05, 4.69) is 12.1 Å². The Labute approximate surface area is 202 Å². The van der Waals surface area contributed by atoms with Crippen LogP contribution in [0.5, 0.6) is 0 Å². The quantitative estimate of drug-likeness (QED) is 0.492. The average Bonchev–Trinajstić information content (AvgIpc) is 3.01. The van der Waals surface area contributed by atoms with Gasteiger partial charge in [0.15, 0.2) is 0 Å². The van der Waals surface area contributed by atoms with Crippen LogP contribution in [-0.4, -0.2) is 35.6 Å². The summed E-state index contributed by atoms with van der Waals surface area (Å²) in [5.74, 6) is -0.457. The van der Waals surface area contributed by atoms with Crippen molar-refractivity contribution < 1.29 is 14.3 Å². The second-order valence-corrected chi connectivity index (χ2v) is 9.01. The lowest BCUT2D eigenvalue weighted by Gasteiger charge is -2.40. The highest BCUT2D eigenvalue weighted by Gasteiger charge is 2.55. The van der Waals surface area contributed by atoms with Gasteiger partial charge in [-0.25, -0.2) is 4.79 Å². The van der Waals surface area contributed by atoms with Gasteiger partial charge in [0.05, 0.1) is 35.2 Å². The van der Waals surface area contributed by atoms with Crippen molar-refractivity contribution in [2.24, 2.45) is 0 Å². The lowest BCUT2D eigenvalue weighted by atomic mass is 9.78. The number of hydrogen-bond donors (Lipinski definition) is 0. The number of allylic oxidation sites excluding steroid dienone is 1. The molecule has 8 heteroatoms. The monoisotopic (exact) mass is 483 g/mol. The molecule has 1 saturated heterocycles. The first kappa shape index (κ1) is 23.2. The zero-order valence-electron chi connectivity index (χ0n) is 18.2. The predicted octanol–water partition coefficient (Wildman–Crippen LogP) is 5.72. The van der Waals surface area contributed by atoms with Crippen LogP contribution in [0.25, 0.3) is 0 Å². The minimum Gasteiger partial charge on any atom is -0.465 e. The van der Waals surface area contributed by atoms with E-state index in [1.165, 1.54) is 0 Å². The first-order chi connectivity index (χ1) is 15.9. The Morgan fingerprint density at radius 2 is 1.88 bits per heavy atom. The van der Waals surface area contributed by atoms with E-state index in [1.807, 2.05) is 12.1 Å². The Morgan fingerprint density at radius 3 is 2.52 bits per heavy atom. The Kier molecular flexibility index (Phi) is 6.64. The van der Waals surface area contributed by atoms with Crippen molar-refractivity contribution in [1.29, 1.82) is 5.26 Å². The molecule has 0 saturated carbocycles. The van der Waals surface area contributed by atoms with E-state index in [1.54, 1.807) is 47.1 Å². The molecule has 2 aromatic carbocycles. The van der Waals surface area contributed by atoms with Crippen molar-refractivity contribution >= 4 is 40.9 Å². The standard InChI is InChI=1S/C25H23Cl2N3O3/c1-2-33-23(31)16-29-24(32)30(21-12-19(26)11-20(27)13-21)22-5-3-4-10-25(22,29)14-17-6-8-18(15-28)9-7-17/h5-9,11-13H,2-4,10,14,16H2,1H3. The minimum atomic E-state index is -0.731. The molecule has 2 aromatic rings. The zero-order valence-corrected chi connectivity index (χ0v) is 19.7. The summed E-state index contributed by atoms with van der Waals surface area (Å²) >= 11 is 12.5. The van der Waals surface area contributed by atoms with E-state index in [9.17, 15) is 9.59 Å². The number of ether oxygens (including phenoxy) is 1. The fraction of sp³-hybridized carbons (Fsp3) is 0.320. The maximum absolute atomic E-state index is 13.8. The molecule has 4 rings (SSSR count). The van der Waals surface area contributed by atoms with Crippen molar-refractivity contribution in [3.05, 3.63) is 75.4 Å². The highest BCUT2D eigenvalue weighted by Crippen LogP contribution is 2.47. The molecule has 2 amide bonds. The average molecular weight is 484 g/mol. The van der Waals surface area contributed by atoms with Gasteiger partial charge in [0.2, 0.25) is 0 Å². The number of urea groups is 1. The fourth-order valence-corrected chi connectivity index (χ4v) is 5.23. The third kappa shape index (κ3) is 4.44. The molecule has 170 valence electrons. The summed E-state index contributed by atoms with van der Waals surface area (Å²) in [6.07, 6.45) is 4.94. The smallest absolute Gasteiger partial charge is 0.330 e. The number of hydrogen-bond acceptors (Lipinski definition) is 4. The van der Waals surface area contributed by atoms with E-state index < -0.39 is 11.5 Å². The van der Waals surface area contributed by atoms with Gasteiger partial charge in [-0.3, -0.25) is 9.69 Å². The first-order valence-electron chi connectivity index (χ1n) is 10.8. The van der Waals surface area contributed by atoms with E-state index >= 15 is 0 Å². The molecule has 1 unspecified atom stereocenters. The minimum absolute atomic E-state index is 0.162. The summed E-state index contributed by atoms with van der Waals surface area (Å²) in [7, 11) is 0. The summed E-state index contributed by atoms with van der Waals surface area (Å²) in [6.45, 7) is 1.81. The molecule has 1 aliphatic heterocycles. The normalized spacial score (nSPS) is 19.7. The van der Waals surface area contributed by atoms with Gasteiger partial charge >= 0.3 is 12.0 Å². The van der Waals surface area contributed by atoms with Crippen LogP contribution in [0.15, 0.2) is 54.2 Å². The van der Waals surface area contributed by atoms with E-state index in [-0.39, 0.29) is 19.2 Å². The lowest BCUT2D eigenvalue weighted by Crippen LogP contribution is -2.51. The van der Waals surface area contributed by atoms with Gasteiger partial charge in [0.25, 0.3) is 0 Å². The van der Waals surface area contributed by atoms with Gasteiger partial charge in [0.1, 0.15) is 6.54 Å². The molecule has 0 spiro atoms. The Hall–Kier alpha value is -3.01. The largest absolute Gasteiger partial charge is 0.465 e. The third-order valence-electron chi connectivity index (χ3n) is 6.07. The molecule has 1 aliphatic carbocycles. The molecule has 0 bridgehead atoms. The lowest BCUT2D eigenvalue weighted by molar-refractivity contribution is -0.144. The number of rotatable bonds is 6. The number of esters is 1. The fourth-order valence-electron chi connectivity index (χ4n) is 4.71. The summed E-state index contributed by atoms with van der Waals surface area (Å²) in [5.41, 5.74) is 2.17. The van der Waals surface area contributed by atoms with Gasteiger partial charge < -0.3 is 9.64 Å². The van der Waals surface area contributed by atoms with Crippen molar-refractivity contribution in [1.82, 2.24) is 4.90 Å². The van der Waals surface area contributed by atoms with Crippen molar-refractivity contribution in [3.8, 4) is 6.07 Å². The maximum atomic E-state index is 13.8. The molecular formula is C25H23Cl2N3O3. The van der Waals surface area contributed by atoms with Crippen molar-refractivity contribution in [3.63, 3.8) is 0 Å². The summed E-state index contributed by atoms with van der Waals surface area (Å²) < 4.78 is 5.19. The van der Waals surface area contributed by atoms with Crippen LogP contribution in [0.4, 0.5) is 10.5 Å². The highest BCUT2D eigenvalue weighted by molar-refractivity contribution is 6.35. The number of carbonyl (C=O) groups excluding carboxylic acids is 2. The van der Waals surface area contributed by atoms with Crippen molar-refractivity contribution in [2.75, 3.05) is 18.1 Å². The van der Waals surface area contributed by atoms with E-state index in [0.717, 1.165) is 24.1 Å². The topological polar surface area (TPSA) is 73.6 Å². The molecule has 1 heterocycles. The molecule has 1 fully saturated rings. The number of benzene rings is 2. The second kappa shape index (κ2) is 9.46. The predicted molar refractivity (Wildman–Crippen MR) is 127 cm³/mol. The number of halogens is 2. The molecular weight excluding hydrogens is 461 g/mol. The SMILES string of the molecule is CCOC(=O)CN1C(=O)N(c2cc(Cl)cc(Cl)c2)C2=CCCCC21Cc1ccc(C#N)cc1. The van der Waals surface area contributed by atoms with Gasteiger partial charge in [-0.2, -0.15) is 5.26 Å². The molecule has 33 heavy (non-hydrogen) atoms. The van der Waals surface area contributed by atoms with Crippen LogP contribution in [0.3, 0.4) is 0 Å². The van der Waals surface area contributed by atoms with Crippen LogP contribution in [0.2, 0.25) is 10.0 Å². The summed E-state index contributed by atoms with van der Waals surface area (Å²) in [5, 5.41) is 9.98. The number of fused-ring (bicyclic) bond motifs is 1. The van der Waals surface area contributed by atoms with Crippen LogP contribution in [-0.2, 0) is 16.0 Å². The van der Waals surface area contributed by atoms with Crippen LogP contribution in [0, 0.1) is 11.3 Å². The molecule has 2 aliphatic rings. The molecule has 6 nitrogen and oxygen atoms in total. The van der Waals surface area contributed by atoms with Gasteiger partial charge in [-0.05, 0) is 62.1 Å². The number of nitriles is 1. The van der Waals surface area contributed by atoms with E-state index in [0.29, 0.717) is 34.1 Å². The van der Waals surface area contributed by atoms with Crippen LogP contribution in [0.1, 0.15) is 37.3 Å². The van der Waals surface area contributed by atoms with E-state index in [4.69, 9.17) is 33.2 Å². The molecule has 0 aromatic heterocycles. The second-order valence-electron chi connectivity index (χ2n) is 8.14. The summed E-state index contributed by atoms with van der Waals surface area (Å²) in [4.78, 5) is 29.5. The Morgan fingerprint density at radius 1 is 1.18 bits per heavy atom. The third-order valence-corrected chi connectivity index (χ3v) is 6.50. The number of carbonyl (C=O) groups is 2. The van der Waals surface area contributed by atoms with Gasteiger partial charge in [0, 0.05) is 16.5 Å². The first-order valence-corrected chi connectivity index (χ1v) is 11.6. The Bertz CT molecular complexity index is 1140. The Balaban J connectivity index is 1.82. The maximum Gasteiger partial charge on any atom is 0.330 e. The molecule has 1 atom stereocenters. The zero-order chi connectivity index (χ0) is 23.6.